The summed E-state index contributed by atoms with van der Waals surface area (Å²) in [5, 5.41) is 74.4. The number of fused-ring (bicyclic) bond motifs is 18. The van der Waals surface area contributed by atoms with E-state index in [-0.39, 0.29) is 174 Å². The second-order valence-corrected chi connectivity index (χ2v) is 22.7. The number of amides is 2. The maximum absolute atomic E-state index is 12.6. The van der Waals surface area contributed by atoms with Gasteiger partial charge in [0.2, 0.25) is 25.4 Å². The number of piperazine rings is 2. The van der Waals surface area contributed by atoms with E-state index in [9.17, 15) is 40.4 Å². The summed E-state index contributed by atoms with van der Waals surface area (Å²) >= 11 is 0. The van der Waals surface area contributed by atoms with Crippen molar-refractivity contribution < 1.29 is 142 Å². The number of nitrogens with one attached hydrogen (secondary N) is 2. The van der Waals surface area contributed by atoms with Gasteiger partial charge in [-0.15, -0.1) is 0 Å². The number of phenolic OH excluding ortho intramolecular Hbond substituents is 4. The van der Waals surface area contributed by atoms with Gasteiger partial charge in [0.15, 0.2) is 23.0 Å². The third-order valence-electron chi connectivity index (χ3n) is 18.7. The minimum atomic E-state index is -0.833. The molecule has 4 aromatic carbocycles. The van der Waals surface area contributed by atoms with Crippen LogP contribution in [0.4, 0.5) is 0 Å². The molecule has 7 N–H and O–H groups in total. The van der Waals surface area contributed by atoms with E-state index in [0.29, 0.717) is 84.1 Å². The molecule has 10 atom stereocenters. The van der Waals surface area contributed by atoms with Gasteiger partial charge in [0.25, 0.3) is 0 Å². The predicted octanol–water partition coefficient (Wildman–Crippen LogP) is 6.31. The van der Waals surface area contributed by atoms with Crippen molar-refractivity contribution in [2.45, 2.75) is 167 Å². The van der Waals surface area contributed by atoms with Crippen molar-refractivity contribution in [2.75, 3.05) is 40.8 Å². The van der Waals surface area contributed by atoms with Crippen molar-refractivity contribution in [1.82, 2.24) is 30.2 Å². The minimum absolute atomic E-state index is 0. The van der Waals surface area contributed by atoms with Gasteiger partial charge in [-0.25, -0.2) is 0 Å². The summed E-state index contributed by atoms with van der Waals surface area (Å²) in [6.45, 7) is 16.1. The van der Waals surface area contributed by atoms with Gasteiger partial charge in [0, 0.05) is 177 Å². The number of carbonyl (C=O) groups is 2. The van der Waals surface area contributed by atoms with E-state index in [1.165, 1.54) is 0 Å². The summed E-state index contributed by atoms with van der Waals surface area (Å²) in [6.07, 6.45) is 3.60. The molecular weight excluding hydrogens is 1440 g/mol. The molecule has 2 unspecified atom stereocenters. The zero-order valence-corrected chi connectivity index (χ0v) is 56.5. The van der Waals surface area contributed by atoms with Crippen LogP contribution in [0.15, 0.2) is 12.1 Å². The first-order valence-electron chi connectivity index (χ1n) is 27.4. The normalized spacial score (nSPS) is 26.5. The van der Waals surface area contributed by atoms with E-state index in [2.05, 4.69) is 48.4 Å². The zero-order chi connectivity index (χ0) is 54.8. The molecule has 0 aromatic heterocycles. The van der Waals surface area contributed by atoms with Gasteiger partial charge in [-0.2, -0.15) is 5.26 Å². The second-order valence-electron chi connectivity index (χ2n) is 22.7. The molecule has 8 aliphatic rings. The van der Waals surface area contributed by atoms with E-state index in [4.69, 9.17) is 18.9 Å². The summed E-state index contributed by atoms with van der Waals surface area (Å²) in [4.78, 5) is 33.9. The molecule has 79 heavy (non-hydrogen) atoms. The van der Waals surface area contributed by atoms with Crippen LogP contribution in [0, 0.1) is 141 Å². The van der Waals surface area contributed by atoms with Gasteiger partial charge in [0.05, 0.1) is 36.3 Å². The minimum Gasteiger partial charge on any atom is -0.507 e. The predicted molar refractivity (Wildman–Crippen MR) is 284 cm³/mol. The number of aliphatic hydroxyl groups excluding tert-OH is 1. The quantitative estimate of drug-likeness (QED) is 0.103. The fourth-order valence-electron chi connectivity index (χ4n) is 14.7. The van der Waals surface area contributed by atoms with Crippen LogP contribution < -0.4 is 29.6 Å². The van der Waals surface area contributed by atoms with Crippen LogP contribution >= 0.6 is 0 Å². The average molecular weight is 1510 g/mol. The van der Waals surface area contributed by atoms with Crippen molar-refractivity contribution in [2.24, 2.45) is 0 Å². The SMILES string of the molecule is CCCC(=O)NC[C@H]1c2c(c(O)c(C)c3c2OCO3)CC2[C@H]3c4c(cc(C)c(C)c4O)C[C@@H]([C@H](C#N)N21)N3C.CCCC(=O)NC[C@H]1c2c(c(O)c(C)c3c2OCO3)CC2[C@H]3c4c(cc(C)c(C)c4O)C[C@@H]([C@H](O)N21)N3C.[Ac].[Ac]. The van der Waals surface area contributed by atoms with Crippen LogP contribution in [0.3, 0.4) is 0 Å². The van der Waals surface area contributed by atoms with Crippen LogP contribution in [-0.2, 0) is 35.3 Å². The van der Waals surface area contributed by atoms with Crippen molar-refractivity contribution in [1.29, 1.82) is 5.26 Å². The number of hydrogen-bond acceptors (Lipinski definition) is 16. The number of nitrogens with zero attached hydrogens (tertiary/aromatic N) is 5. The van der Waals surface area contributed by atoms with Crippen molar-refractivity contribution in [3.63, 3.8) is 0 Å². The smallest absolute Gasteiger partial charge is 0.231 e. The number of benzene rings is 4. The molecule has 2 saturated heterocycles. The van der Waals surface area contributed by atoms with Crippen LogP contribution in [0.2, 0.25) is 0 Å². The first kappa shape index (κ1) is 60.0. The Labute approximate surface area is 534 Å². The van der Waals surface area contributed by atoms with E-state index in [0.717, 1.165) is 79.6 Å². The molecule has 2 radical (unpaired) electrons. The van der Waals surface area contributed by atoms with Gasteiger partial charge in [-0.1, -0.05) is 26.0 Å². The monoisotopic (exact) mass is 1510 g/mol. The van der Waals surface area contributed by atoms with Crippen LogP contribution in [0.25, 0.3) is 0 Å². The number of aryl methyl sites for hydroxylation is 2. The van der Waals surface area contributed by atoms with Crippen molar-refractivity contribution in [3.05, 3.63) is 90.0 Å². The zero-order valence-electron chi connectivity index (χ0n) is 47.0. The molecule has 0 saturated carbocycles. The number of likely N-dealkylation sites (N-methyl/N-ethyl adjacent to an activating group) is 2. The van der Waals surface area contributed by atoms with Gasteiger partial charge in [-0.3, -0.25) is 29.2 Å². The van der Waals surface area contributed by atoms with Crippen molar-refractivity contribution >= 4 is 11.8 Å². The molecule has 8 aliphatic heterocycles. The number of hydrogen-bond donors (Lipinski definition) is 7. The second kappa shape index (κ2) is 23.2. The Kier molecular flexibility index (Phi) is 17.6. The third kappa shape index (κ3) is 9.52. The molecule has 18 nitrogen and oxygen atoms in total. The Morgan fingerprint density at radius 2 is 0.987 bits per heavy atom. The Bertz CT molecular complexity index is 3170. The number of phenols is 4. The number of carbonyl (C=O) groups excluding carboxylic acids is 2. The van der Waals surface area contributed by atoms with E-state index >= 15 is 0 Å². The van der Waals surface area contributed by atoms with Crippen LogP contribution in [0.5, 0.6) is 46.0 Å². The topological polar surface area (TPSA) is 233 Å². The summed E-state index contributed by atoms with van der Waals surface area (Å²) in [5.74, 6) is 3.03. The first-order chi connectivity index (χ1) is 36.8. The number of aliphatic hydroxyl groups is 1. The number of ether oxygens (including phenoxy) is 4. The number of rotatable bonds is 8. The maximum atomic E-state index is 12.6. The summed E-state index contributed by atoms with van der Waals surface area (Å²) in [5.41, 5.74) is 12.0. The molecule has 4 bridgehead atoms. The Morgan fingerprint density at radius 1 is 0.582 bits per heavy atom. The Morgan fingerprint density at radius 3 is 1.43 bits per heavy atom. The molecule has 2 amide bonds. The molecule has 2 fully saturated rings. The average Bonchev–Trinajstić information content (AvgIpc) is 4.22. The summed E-state index contributed by atoms with van der Waals surface area (Å²) in [7, 11) is 4.04. The Hall–Kier alpha value is -3.61. The maximum Gasteiger partial charge on any atom is 0.231 e. The summed E-state index contributed by atoms with van der Waals surface area (Å²) < 4.78 is 23.4. The first-order valence-corrected chi connectivity index (χ1v) is 27.4. The number of aromatic hydroxyl groups is 4. The van der Waals surface area contributed by atoms with E-state index in [1.807, 2.05) is 69.5 Å². The van der Waals surface area contributed by atoms with Crippen LogP contribution in [-0.4, -0.2) is 134 Å². The fraction of sp³-hybridized carbons (Fsp3) is 0.542. The molecular formula is C59H73Ac2N7O11. The van der Waals surface area contributed by atoms with Crippen LogP contribution in [0.1, 0.15) is 142 Å². The van der Waals surface area contributed by atoms with Gasteiger partial charge >= 0.3 is 0 Å². The van der Waals surface area contributed by atoms with E-state index < -0.39 is 24.4 Å². The molecule has 0 spiro atoms. The molecule has 12 rings (SSSR count). The van der Waals surface area contributed by atoms with Gasteiger partial charge < -0.3 is 55.1 Å². The van der Waals surface area contributed by atoms with Gasteiger partial charge in [0.1, 0.15) is 35.3 Å². The molecule has 0 aliphatic carbocycles. The number of nitriles is 1. The standard InChI is InChI=1S/C30H36N4O5.C29H37N3O6.2Ac/c1-6-7-23(35)32-12-22-25-18(27(36)16(4)29-30(25)39-13-38-29)10-20-26-24-17(8-14(2)15(3)28(24)37)9-19(33(26)5)21(11-31)34(20)22;1-6-7-21(33)30-11-20-23-17(25(34)15(4)27-28(23)38-12-37-27)10-18-24-22-16(8-13(2)14(3)26(22)35)9-19(31(24)5)29(36)32(18)20;;/h8,19-22,26,36-37H,6-7,9-10,12-13H2,1-5H3,(H,32,35);8,18-20,24,29,34-36H,6-7,9-12H2,1-5H3,(H,30,33);;/t19-,20?,21-,22-,26-;18?,19-,20-,24-,29-;;/m00../s1. The molecule has 8 heterocycles. The largest absolute Gasteiger partial charge is 0.507 e. The Balaban J connectivity index is 0.000000187. The summed E-state index contributed by atoms with van der Waals surface area (Å²) in [6, 6.07) is 4.35. The molecule has 416 valence electrons. The van der Waals surface area contributed by atoms with Crippen molar-refractivity contribution in [3.8, 4) is 52.1 Å². The van der Waals surface area contributed by atoms with Gasteiger partial charge in [-0.05, 0) is 128 Å². The fourth-order valence-corrected chi connectivity index (χ4v) is 14.7. The third-order valence-corrected chi connectivity index (χ3v) is 18.7. The molecule has 20 heteroatoms. The molecule has 4 aromatic rings. The van der Waals surface area contributed by atoms with E-state index in [1.54, 1.807) is 0 Å².